The van der Waals surface area contributed by atoms with Crippen LogP contribution in [0.25, 0.3) is 16.8 Å². The molecule has 1 unspecified atom stereocenters. The normalized spacial score (nSPS) is 12.0. The molecule has 3 rings (SSSR count). The number of hydrogen-bond acceptors (Lipinski definition) is 3. The lowest BCUT2D eigenvalue weighted by atomic mass is 10.00. The van der Waals surface area contributed by atoms with Gasteiger partial charge in [-0.05, 0) is 47.0 Å². The summed E-state index contributed by atoms with van der Waals surface area (Å²) in [4.78, 5) is 23.0. The van der Waals surface area contributed by atoms with Gasteiger partial charge in [0.15, 0.2) is 6.61 Å². The van der Waals surface area contributed by atoms with Gasteiger partial charge in [0.05, 0.1) is 6.04 Å². The van der Waals surface area contributed by atoms with E-state index in [9.17, 15) is 9.59 Å². The summed E-state index contributed by atoms with van der Waals surface area (Å²) in [5, 5.41) is 5.28. The molecule has 2 amide bonds. The topological polar surface area (TPSA) is 81.4 Å². The largest absolute Gasteiger partial charge is 0.484 e. The summed E-state index contributed by atoms with van der Waals surface area (Å²) >= 11 is 0. The summed E-state index contributed by atoms with van der Waals surface area (Å²) in [6.07, 6.45) is 3.23. The predicted octanol–water partition coefficient (Wildman–Crippen LogP) is 3.59. The number of rotatable bonds is 7. The van der Waals surface area contributed by atoms with Gasteiger partial charge in [0, 0.05) is 6.08 Å². The number of amides is 2. The van der Waals surface area contributed by atoms with Gasteiger partial charge in [0.1, 0.15) is 5.75 Å². The quantitative estimate of drug-likeness (QED) is 0.620. The monoisotopic (exact) mass is 374 g/mol. The summed E-state index contributed by atoms with van der Waals surface area (Å²) in [5.41, 5.74) is 6.97. The molecular weight excluding hydrogens is 352 g/mol. The molecule has 0 saturated carbocycles. The first kappa shape index (κ1) is 19.2. The number of benzene rings is 3. The molecule has 28 heavy (non-hydrogen) atoms. The Labute approximate surface area is 163 Å². The summed E-state index contributed by atoms with van der Waals surface area (Å²) in [5.74, 6) is -0.152. The van der Waals surface area contributed by atoms with Crippen LogP contribution in [0, 0.1) is 0 Å². The third-order valence-corrected chi connectivity index (χ3v) is 4.34. The molecule has 0 aliphatic carbocycles. The van der Waals surface area contributed by atoms with Crippen LogP contribution in [0.4, 0.5) is 0 Å². The van der Waals surface area contributed by atoms with Crippen LogP contribution in [-0.4, -0.2) is 18.4 Å². The van der Waals surface area contributed by atoms with E-state index in [1.807, 2.05) is 31.2 Å². The lowest BCUT2D eigenvalue weighted by Gasteiger charge is -2.15. The molecule has 0 radical (unpaired) electrons. The highest BCUT2D eigenvalue weighted by molar-refractivity contribution is 5.93. The van der Waals surface area contributed by atoms with Gasteiger partial charge in [-0.3, -0.25) is 9.59 Å². The second-order valence-corrected chi connectivity index (χ2v) is 6.46. The molecular formula is C23H22N2O3. The Kier molecular flexibility index (Phi) is 6.07. The zero-order valence-electron chi connectivity index (χ0n) is 15.6. The molecule has 0 fully saturated rings. The molecule has 0 saturated heterocycles. The first-order chi connectivity index (χ1) is 13.5. The van der Waals surface area contributed by atoms with E-state index in [1.165, 1.54) is 6.08 Å². The van der Waals surface area contributed by atoms with Crippen molar-refractivity contribution in [3.63, 3.8) is 0 Å². The number of fused-ring (bicyclic) bond motifs is 1. The highest BCUT2D eigenvalue weighted by Gasteiger charge is 2.10. The van der Waals surface area contributed by atoms with E-state index in [2.05, 4.69) is 23.5 Å². The van der Waals surface area contributed by atoms with Crippen molar-refractivity contribution >= 4 is 28.7 Å². The van der Waals surface area contributed by atoms with E-state index in [0.29, 0.717) is 5.75 Å². The second kappa shape index (κ2) is 8.86. The first-order valence-electron chi connectivity index (χ1n) is 9.00. The van der Waals surface area contributed by atoms with Crippen LogP contribution in [-0.2, 0) is 9.59 Å². The van der Waals surface area contributed by atoms with Crippen molar-refractivity contribution in [2.24, 2.45) is 5.73 Å². The lowest BCUT2D eigenvalue weighted by Crippen LogP contribution is -2.24. The standard InChI is InChI=1S/C23H22N2O3/c1-16(20-8-4-6-18-5-2-3-7-21(18)20)25-23(27)14-11-17-9-12-19(13-10-17)28-15-22(24)26/h2-14,16H,15H2,1H3,(H2,24,26)(H,25,27). The maximum absolute atomic E-state index is 12.3. The minimum Gasteiger partial charge on any atom is -0.484 e. The Balaban J connectivity index is 1.62. The molecule has 0 aliphatic rings. The Hall–Kier alpha value is -3.60. The van der Waals surface area contributed by atoms with Crippen LogP contribution in [0.1, 0.15) is 24.1 Å². The number of carbonyl (C=O) groups excluding carboxylic acids is 2. The number of carbonyl (C=O) groups is 2. The number of nitrogens with one attached hydrogen (secondary N) is 1. The second-order valence-electron chi connectivity index (χ2n) is 6.46. The Morgan fingerprint density at radius 3 is 2.50 bits per heavy atom. The maximum atomic E-state index is 12.3. The van der Waals surface area contributed by atoms with Gasteiger partial charge in [0.2, 0.25) is 5.91 Å². The smallest absolute Gasteiger partial charge is 0.255 e. The molecule has 142 valence electrons. The fourth-order valence-electron chi connectivity index (χ4n) is 2.97. The number of hydrogen-bond donors (Lipinski definition) is 2. The minimum atomic E-state index is -0.527. The zero-order chi connectivity index (χ0) is 19.9. The van der Waals surface area contributed by atoms with Crippen molar-refractivity contribution in [2.45, 2.75) is 13.0 Å². The Morgan fingerprint density at radius 2 is 1.75 bits per heavy atom. The van der Waals surface area contributed by atoms with Crippen LogP contribution in [0.2, 0.25) is 0 Å². The van der Waals surface area contributed by atoms with Crippen molar-refractivity contribution in [3.8, 4) is 5.75 Å². The summed E-state index contributed by atoms with van der Waals surface area (Å²) < 4.78 is 5.21. The van der Waals surface area contributed by atoms with Crippen LogP contribution in [0.15, 0.2) is 72.8 Å². The van der Waals surface area contributed by atoms with Gasteiger partial charge in [-0.2, -0.15) is 0 Å². The molecule has 0 bridgehead atoms. The van der Waals surface area contributed by atoms with Crippen LogP contribution < -0.4 is 15.8 Å². The van der Waals surface area contributed by atoms with E-state index in [0.717, 1.165) is 21.9 Å². The van der Waals surface area contributed by atoms with Gasteiger partial charge >= 0.3 is 0 Å². The average Bonchev–Trinajstić information content (AvgIpc) is 2.71. The SMILES string of the molecule is CC(NC(=O)C=Cc1ccc(OCC(N)=O)cc1)c1cccc2ccccc12. The van der Waals surface area contributed by atoms with Gasteiger partial charge in [-0.1, -0.05) is 54.6 Å². The third kappa shape index (κ3) is 4.98. The number of nitrogens with two attached hydrogens (primary N) is 1. The number of ether oxygens (including phenoxy) is 1. The highest BCUT2D eigenvalue weighted by Crippen LogP contribution is 2.24. The Morgan fingerprint density at radius 1 is 1.04 bits per heavy atom. The first-order valence-corrected chi connectivity index (χ1v) is 9.00. The zero-order valence-corrected chi connectivity index (χ0v) is 15.6. The molecule has 3 aromatic rings. The molecule has 0 aliphatic heterocycles. The van der Waals surface area contributed by atoms with E-state index in [1.54, 1.807) is 30.3 Å². The molecule has 0 spiro atoms. The van der Waals surface area contributed by atoms with Crippen molar-refractivity contribution in [1.29, 1.82) is 0 Å². The van der Waals surface area contributed by atoms with Gasteiger partial charge in [-0.25, -0.2) is 0 Å². The summed E-state index contributed by atoms with van der Waals surface area (Å²) in [6.45, 7) is 1.81. The van der Waals surface area contributed by atoms with Gasteiger partial charge in [-0.15, -0.1) is 0 Å². The average molecular weight is 374 g/mol. The van der Waals surface area contributed by atoms with Crippen molar-refractivity contribution in [2.75, 3.05) is 6.61 Å². The van der Waals surface area contributed by atoms with Crippen LogP contribution >= 0.6 is 0 Å². The van der Waals surface area contributed by atoms with Crippen molar-refractivity contribution < 1.29 is 14.3 Å². The molecule has 1 atom stereocenters. The van der Waals surface area contributed by atoms with E-state index < -0.39 is 5.91 Å². The van der Waals surface area contributed by atoms with E-state index >= 15 is 0 Å². The maximum Gasteiger partial charge on any atom is 0.255 e. The summed E-state index contributed by atoms with van der Waals surface area (Å²) in [6, 6.07) is 21.1. The molecule has 3 N–H and O–H groups in total. The van der Waals surface area contributed by atoms with E-state index in [-0.39, 0.29) is 18.6 Å². The fraction of sp³-hybridized carbons (Fsp3) is 0.130. The van der Waals surface area contributed by atoms with E-state index in [4.69, 9.17) is 10.5 Å². The summed E-state index contributed by atoms with van der Waals surface area (Å²) in [7, 11) is 0. The third-order valence-electron chi connectivity index (χ3n) is 4.34. The lowest BCUT2D eigenvalue weighted by molar-refractivity contribution is -0.120. The highest BCUT2D eigenvalue weighted by atomic mass is 16.5. The van der Waals surface area contributed by atoms with Gasteiger partial charge < -0.3 is 15.8 Å². The van der Waals surface area contributed by atoms with Gasteiger partial charge in [0.25, 0.3) is 5.91 Å². The molecule has 3 aromatic carbocycles. The minimum absolute atomic E-state index is 0.118. The van der Waals surface area contributed by atoms with Crippen LogP contribution in [0.3, 0.4) is 0 Å². The fourth-order valence-corrected chi connectivity index (χ4v) is 2.97. The number of primary amides is 1. The Bertz CT molecular complexity index is 1000. The van der Waals surface area contributed by atoms with Crippen LogP contribution in [0.5, 0.6) is 5.75 Å². The van der Waals surface area contributed by atoms with Crippen molar-refractivity contribution in [3.05, 3.63) is 83.9 Å². The molecule has 5 nitrogen and oxygen atoms in total. The van der Waals surface area contributed by atoms with Crippen molar-refractivity contribution in [1.82, 2.24) is 5.32 Å². The molecule has 0 aromatic heterocycles. The molecule has 5 heteroatoms. The molecule has 0 heterocycles. The predicted molar refractivity (Wildman–Crippen MR) is 111 cm³/mol.